The number of nitrogens with zero attached hydrogens (tertiary/aromatic N) is 1. The lowest BCUT2D eigenvalue weighted by molar-refractivity contribution is -0.156. The molecule has 0 saturated heterocycles. The zero-order valence-electron chi connectivity index (χ0n) is 15.4. The molecule has 0 N–H and O–H groups in total. The summed E-state index contributed by atoms with van der Waals surface area (Å²) in [7, 11) is 1.36. The van der Waals surface area contributed by atoms with Gasteiger partial charge in [0.15, 0.2) is 5.54 Å². The van der Waals surface area contributed by atoms with Crippen molar-refractivity contribution < 1.29 is 19.1 Å². The van der Waals surface area contributed by atoms with Crippen LogP contribution in [-0.4, -0.2) is 29.7 Å². The Balaban J connectivity index is 2.57. The summed E-state index contributed by atoms with van der Waals surface area (Å²) in [5.74, 6) is -0.229. The molecular formula is C19H27NO4. The number of esters is 1. The van der Waals surface area contributed by atoms with Crippen molar-refractivity contribution in [1.29, 1.82) is 0 Å². The molecule has 132 valence electrons. The first-order valence-corrected chi connectivity index (χ1v) is 8.29. The third-order valence-electron chi connectivity index (χ3n) is 4.09. The molecule has 0 aromatic heterocycles. The molecule has 1 aliphatic rings. The predicted molar refractivity (Wildman–Crippen MR) is 91.4 cm³/mol. The van der Waals surface area contributed by atoms with Gasteiger partial charge in [-0.25, -0.2) is 9.59 Å². The molecule has 24 heavy (non-hydrogen) atoms. The normalized spacial score (nSPS) is 20.0. The van der Waals surface area contributed by atoms with E-state index >= 15 is 0 Å². The second kappa shape index (κ2) is 6.46. The van der Waals surface area contributed by atoms with Gasteiger partial charge in [-0.05, 0) is 44.2 Å². The van der Waals surface area contributed by atoms with Gasteiger partial charge in [0.2, 0.25) is 0 Å². The van der Waals surface area contributed by atoms with E-state index in [1.165, 1.54) is 12.0 Å². The highest BCUT2D eigenvalue weighted by molar-refractivity contribution is 5.89. The minimum absolute atomic E-state index is 0.195. The van der Waals surface area contributed by atoms with Gasteiger partial charge in [0.25, 0.3) is 0 Å². The number of carbonyl (C=O) groups is 2. The van der Waals surface area contributed by atoms with Crippen LogP contribution in [-0.2, 0) is 26.4 Å². The number of fused-ring (bicyclic) bond motifs is 1. The number of rotatable bonds is 3. The van der Waals surface area contributed by atoms with E-state index in [4.69, 9.17) is 9.47 Å². The van der Waals surface area contributed by atoms with Crippen LogP contribution in [0.1, 0.15) is 52.2 Å². The standard InChI is InChI=1S/C19H27NO4/c1-13(2)11-19(16(21)23-6)15-10-8-7-9-14(15)12-20(19)17(22)24-18(3,4)5/h7-10,13H,11-12H2,1-6H3. The molecule has 5 nitrogen and oxygen atoms in total. The van der Waals surface area contributed by atoms with Crippen molar-refractivity contribution in [1.82, 2.24) is 4.90 Å². The van der Waals surface area contributed by atoms with Gasteiger partial charge in [-0.2, -0.15) is 0 Å². The summed E-state index contributed by atoms with van der Waals surface area (Å²) in [6.07, 6.45) is -0.0135. The lowest BCUT2D eigenvalue weighted by Crippen LogP contribution is -2.53. The fourth-order valence-electron chi connectivity index (χ4n) is 3.33. The molecule has 1 aliphatic heterocycles. The molecule has 0 bridgehead atoms. The van der Waals surface area contributed by atoms with Crippen LogP contribution in [0.15, 0.2) is 24.3 Å². The van der Waals surface area contributed by atoms with E-state index in [1.807, 2.05) is 58.9 Å². The second-order valence-corrected chi connectivity index (χ2v) is 7.67. The molecule has 1 heterocycles. The van der Waals surface area contributed by atoms with Gasteiger partial charge >= 0.3 is 12.1 Å². The van der Waals surface area contributed by atoms with Crippen molar-refractivity contribution >= 4 is 12.1 Å². The van der Waals surface area contributed by atoms with Crippen LogP contribution in [0.25, 0.3) is 0 Å². The Labute approximate surface area is 143 Å². The summed E-state index contributed by atoms with van der Waals surface area (Å²) in [6, 6.07) is 7.64. The Morgan fingerprint density at radius 3 is 2.42 bits per heavy atom. The van der Waals surface area contributed by atoms with Crippen molar-refractivity contribution in [3.05, 3.63) is 35.4 Å². The van der Waals surface area contributed by atoms with Gasteiger partial charge in [-0.15, -0.1) is 0 Å². The van der Waals surface area contributed by atoms with Crippen LogP contribution in [0.3, 0.4) is 0 Å². The Bertz CT molecular complexity index is 632. The molecule has 0 aliphatic carbocycles. The molecule has 2 rings (SSSR count). The topological polar surface area (TPSA) is 55.8 Å². The van der Waals surface area contributed by atoms with Crippen molar-refractivity contribution in [2.24, 2.45) is 5.92 Å². The summed E-state index contributed by atoms with van der Waals surface area (Å²) in [5.41, 5.74) is 0.0127. The van der Waals surface area contributed by atoms with Crippen molar-refractivity contribution in [3.8, 4) is 0 Å². The van der Waals surface area contributed by atoms with E-state index in [9.17, 15) is 9.59 Å². The van der Waals surface area contributed by atoms with Crippen molar-refractivity contribution in [2.45, 2.75) is 58.7 Å². The number of hydrogen-bond donors (Lipinski definition) is 0. The first-order valence-electron chi connectivity index (χ1n) is 8.29. The van der Waals surface area contributed by atoms with Gasteiger partial charge < -0.3 is 9.47 Å². The average Bonchev–Trinajstić information content (AvgIpc) is 2.80. The SMILES string of the molecule is COC(=O)C1(CC(C)C)c2ccccc2CN1C(=O)OC(C)(C)C. The molecule has 0 saturated carbocycles. The number of ether oxygens (including phenoxy) is 2. The van der Waals surface area contributed by atoms with Crippen LogP contribution < -0.4 is 0 Å². The molecule has 5 heteroatoms. The summed E-state index contributed by atoms with van der Waals surface area (Å²) in [6.45, 7) is 9.84. The number of amides is 1. The molecule has 0 radical (unpaired) electrons. The smallest absolute Gasteiger partial charge is 0.411 e. The maximum Gasteiger partial charge on any atom is 0.411 e. The number of methoxy groups -OCH3 is 1. The van der Waals surface area contributed by atoms with Crippen LogP contribution in [0.2, 0.25) is 0 Å². The zero-order valence-corrected chi connectivity index (χ0v) is 15.4. The first kappa shape index (κ1) is 18.3. The Morgan fingerprint density at radius 1 is 1.25 bits per heavy atom. The van der Waals surface area contributed by atoms with Gasteiger partial charge in [-0.1, -0.05) is 38.1 Å². The quantitative estimate of drug-likeness (QED) is 0.788. The third-order valence-corrected chi connectivity index (χ3v) is 4.09. The van der Waals surface area contributed by atoms with E-state index in [0.717, 1.165) is 11.1 Å². The first-order chi connectivity index (χ1) is 11.1. The maximum atomic E-state index is 12.8. The summed E-state index contributed by atoms with van der Waals surface area (Å²) in [5, 5.41) is 0. The predicted octanol–water partition coefficient (Wildman–Crippen LogP) is 3.85. The highest BCUT2D eigenvalue weighted by atomic mass is 16.6. The summed E-state index contributed by atoms with van der Waals surface area (Å²) < 4.78 is 10.7. The Kier molecular flexibility index (Phi) is 4.92. The van der Waals surface area contributed by atoms with E-state index in [2.05, 4.69) is 0 Å². The summed E-state index contributed by atoms with van der Waals surface area (Å²) >= 11 is 0. The Morgan fingerprint density at radius 2 is 1.88 bits per heavy atom. The molecule has 1 aromatic rings. The Hall–Kier alpha value is -2.04. The van der Waals surface area contributed by atoms with Gasteiger partial charge in [0.05, 0.1) is 13.7 Å². The molecule has 1 atom stereocenters. The molecule has 1 unspecified atom stereocenters. The van der Waals surface area contributed by atoms with E-state index in [-0.39, 0.29) is 5.92 Å². The maximum absolute atomic E-state index is 12.8. The monoisotopic (exact) mass is 333 g/mol. The molecule has 1 amide bonds. The fourth-order valence-corrected chi connectivity index (χ4v) is 3.33. The van der Waals surface area contributed by atoms with Crippen molar-refractivity contribution in [3.63, 3.8) is 0 Å². The van der Waals surface area contributed by atoms with Gasteiger partial charge in [0.1, 0.15) is 5.60 Å². The largest absolute Gasteiger partial charge is 0.467 e. The van der Waals surface area contributed by atoms with E-state index in [0.29, 0.717) is 13.0 Å². The minimum Gasteiger partial charge on any atom is -0.467 e. The molecule has 1 aromatic carbocycles. The van der Waals surface area contributed by atoms with Crippen molar-refractivity contribution in [2.75, 3.05) is 7.11 Å². The average molecular weight is 333 g/mol. The fraction of sp³-hybridized carbons (Fsp3) is 0.579. The molecule has 0 spiro atoms. The second-order valence-electron chi connectivity index (χ2n) is 7.67. The minimum atomic E-state index is -1.14. The van der Waals surface area contributed by atoms with Gasteiger partial charge in [0, 0.05) is 0 Å². The lowest BCUT2D eigenvalue weighted by atomic mass is 9.82. The third kappa shape index (κ3) is 3.25. The van der Waals surface area contributed by atoms with Crippen LogP contribution >= 0.6 is 0 Å². The summed E-state index contributed by atoms with van der Waals surface area (Å²) in [4.78, 5) is 27.2. The number of benzene rings is 1. The lowest BCUT2D eigenvalue weighted by Gasteiger charge is -2.38. The zero-order chi connectivity index (χ0) is 18.1. The van der Waals surface area contributed by atoms with Crippen LogP contribution in [0.4, 0.5) is 4.79 Å². The highest BCUT2D eigenvalue weighted by Gasteiger charge is 2.55. The van der Waals surface area contributed by atoms with Gasteiger partial charge in [-0.3, -0.25) is 4.90 Å². The van der Waals surface area contributed by atoms with Crippen LogP contribution in [0, 0.1) is 5.92 Å². The highest BCUT2D eigenvalue weighted by Crippen LogP contribution is 2.45. The number of carbonyl (C=O) groups excluding carboxylic acids is 2. The number of hydrogen-bond acceptors (Lipinski definition) is 4. The molecule has 0 fully saturated rings. The molecular weight excluding hydrogens is 306 g/mol. The van der Waals surface area contributed by atoms with E-state index in [1.54, 1.807) is 0 Å². The van der Waals surface area contributed by atoms with E-state index < -0.39 is 23.2 Å². The van der Waals surface area contributed by atoms with Crippen LogP contribution in [0.5, 0.6) is 0 Å².